The molecule has 0 spiro atoms. The first kappa shape index (κ1) is 15.0. The van der Waals surface area contributed by atoms with Crippen LogP contribution in [0.3, 0.4) is 0 Å². The first-order valence-corrected chi connectivity index (χ1v) is 7.56. The third-order valence-electron chi connectivity index (χ3n) is 4.31. The maximum Gasteiger partial charge on any atom is 0.245 e. The molecule has 0 bridgehead atoms. The van der Waals surface area contributed by atoms with E-state index in [2.05, 4.69) is 39.9 Å². The highest BCUT2D eigenvalue weighted by atomic mass is 16.2. The van der Waals surface area contributed by atoms with Crippen molar-refractivity contribution in [1.82, 2.24) is 10.2 Å². The first-order chi connectivity index (χ1) is 9.43. The van der Waals surface area contributed by atoms with E-state index >= 15 is 0 Å². The molecule has 1 aliphatic rings. The second kappa shape index (κ2) is 5.96. The van der Waals surface area contributed by atoms with E-state index < -0.39 is 0 Å². The van der Waals surface area contributed by atoms with Crippen molar-refractivity contribution in [2.45, 2.75) is 52.9 Å². The molecule has 0 aromatic heterocycles. The fourth-order valence-corrected chi connectivity index (χ4v) is 2.78. The molecule has 1 aromatic carbocycles. The molecule has 20 heavy (non-hydrogen) atoms. The number of amides is 1. The smallest absolute Gasteiger partial charge is 0.245 e. The Morgan fingerprint density at radius 1 is 1.05 bits per heavy atom. The summed E-state index contributed by atoms with van der Waals surface area (Å²) in [5.41, 5.74) is 1.06. The fraction of sp³-hybridized carbons (Fsp3) is 0.588. The van der Waals surface area contributed by atoms with Gasteiger partial charge >= 0.3 is 0 Å². The van der Waals surface area contributed by atoms with Crippen LogP contribution in [0.25, 0.3) is 0 Å². The summed E-state index contributed by atoms with van der Waals surface area (Å²) in [5, 5.41) is 3.52. The fourth-order valence-electron chi connectivity index (χ4n) is 2.78. The Morgan fingerprint density at radius 3 is 2.15 bits per heavy atom. The van der Waals surface area contributed by atoms with Crippen LogP contribution in [0.5, 0.6) is 0 Å². The van der Waals surface area contributed by atoms with Crippen LogP contribution in [0, 0.1) is 11.8 Å². The predicted molar refractivity (Wildman–Crippen MR) is 82.1 cm³/mol. The van der Waals surface area contributed by atoms with Gasteiger partial charge in [0.1, 0.15) is 6.04 Å². The summed E-state index contributed by atoms with van der Waals surface area (Å²) >= 11 is 0. The molecule has 3 nitrogen and oxygen atoms in total. The van der Waals surface area contributed by atoms with Crippen molar-refractivity contribution in [3.05, 3.63) is 35.9 Å². The average molecular weight is 274 g/mol. The lowest BCUT2D eigenvalue weighted by atomic mass is 10.0. The van der Waals surface area contributed by atoms with Crippen molar-refractivity contribution in [3.63, 3.8) is 0 Å². The van der Waals surface area contributed by atoms with Crippen LogP contribution in [0.15, 0.2) is 30.3 Å². The predicted octanol–water partition coefficient (Wildman–Crippen LogP) is 3.19. The summed E-state index contributed by atoms with van der Waals surface area (Å²) in [6, 6.07) is 10.1. The highest BCUT2D eigenvalue weighted by molar-refractivity contribution is 5.86. The van der Waals surface area contributed by atoms with Gasteiger partial charge in [-0.3, -0.25) is 10.1 Å². The lowest BCUT2D eigenvalue weighted by Gasteiger charge is -2.34. The summed E-state index contributed by atoms with van der Waals surface area (Å²) in [5.74, 6) is 1.06. The Hall–Kier alpha value is -1.35. The summed E-state index contributed by atoms with van der Waals surface area (Å²) in [6.45, 7) is 10.8. The van der Waals surface area contributed by atoms with Crippen molar-refractivity contribution in [2.24, 2.45) is 11.8 Å². The number of carbonyl (C=O) groups is 1. The molecule has 3 unspecified atom stereocenters. The highest BCUT2D eigenvalue weighted by Crippen LogP contribution is 2.30. The van der Waals surface area contributed by atoms with E-state index in [0.29, 0.717) is 11.8 Å². The van der Waals surface area contributed by atoms with E-state index in [-0.39, 0.29) is 24.2 Å². The summed E-state index contributed by atoms with van der Waals surface area (Å²) in [4.78, 5) is 14.9. The van der Waals surface area contributed by atoms with Crippen LogP contribution in [-0.4, -0.2) is 23.0 Å². The van der Waals surface area contributed by atoms with Gasteiger partial charge in [0.2, 0.25) is 5.91 Å². The standard InChI is InChI=1S/C17H26N2O/c1-11(2)13(5)19-16(12(3)4)18-15(17(19)20)14-9-7-6-8-10-14/h6-13,15-16,18H,1-5H3. The van der Waals surface area contributed by atoms with Crippen molar-refractivity contribution >= 4 is 5.91 Å². The maximum atomic E-state index is 12.8. The van der Waals surface area contributed by atoms with Gasteiger partial charge < -0.3 is 4.90 Å². The SMILES string of the molecule is CC(C)C(C)N1C(=O)C(c2ccccc2)NC1C(C)C. The monoisotopic (exact) mass is 274 g/mol. The van der Waals surface area contributed by atoms with Gasteiger partial charge in [-0.15, -0.1) is 0 Å². The Labute approximate surface area is 122 Å². The molecular weight excluding hydrogens is 248 g/mol. The molecule has 2 rings (SSSR count). The topological polar surface area (TPSA) is 32.3 Å². The number of nitrogens with one attached hydrogen (secondary N) is 1. The minimum atomic E-state index is -0.204. The molecule has 1 N–H and O–H groups in total. The maximum absolute atomic E-state index is 12.8. The van der Waals surface area contributed by atoms with Gasteiger partial charge in [0.15, 0.2) is 0 Å². The minimum Gasteiger partial charge on any atom is -0.322 e. The number of benzene rings is 1. The molecule has 1 aromatic rings. The normalized spacial score (nSPS) is 24.8. The second-order valence-corrected chi connectivity index (χ2v) is 6.43. The van der Waals surface area contributed by atoms with Crippen molar-refractivity contribution < 1.29 is 4.79 Å². The highest BCUT2D eigenvalue weighted by Gasteiger charge is 2.43. The Balaban J connectivity index is 2.30. The minimum absolute atomic E-state index is 0.116. The molecular formula is C17H26N2O. The largest absolute Gasteiger partial charge is 0.322 e. The quantitative estimate of drug-likeness (QED) is 0.914. The summed E-state index contributed by atoms with van der Waals surface area (Å²) in [7, 11) is 0. The molecule has 1 heterocycles. The van der Waals surface area contributed by atoms with Crippen LogP contribution < -0.4 is 5.32 Å². The molecule has 1 fully saturated rings. The molecule has 0 radical (unpaired) electrons. The molecule has 1 aliphatic heterocycles. The van der Waals surface area contributed by atoms with E-state index in [4.69, 9.17) is 0 Å². The first-order valence-electron chi connectivity index (χ1n) is 7.56. The van der Waals surface area contributed by atoms with Crippen LogP contribution >= 0.6 is 0 Å². The van der Waals surface area contributed by atoms with Crippen molar-refractivity contribution in [1.29, 1.82) is 0 Å². The van der Waals surface area contributed by atoms with Gasteiger partial charge in [-0.2, -0.15) is 0 Å². The van der Waals surface area contributed by atoms with Crippen LogP contribution in [0.4, 0.5) is 0 Å². The number of rotatable bonds is 4. The number of carbonyl (C=O) groups excluding carboxylic acids is 1. The Bertz CT molecular complexity index is 455. The van der Waals surface area contributed by atoms with Crippen LogP contribution in [0.1, 0.15) is 46.2 Å². The number of nitrogens with zero attached hydrogens (tertiary/aromatic N) is 1. The molecule has 3 heteroatoms. The molecule has 0 aliphatic carbocycles. The average Bonchev–Trinajstić information content (AvgIpc) is 2.76. The lowest BCUT2D eigenvalue weighted by molar-refractivity contribution is -0.133. The van der Waals surface area contributed by atoms with E-state index in [1.807, 2.05) is 35.2 Å². The van der Waals surface area contributed by atoms with E-state index in [1.54, 1.807) is 0 Å². The van der Waals surface area contributed by atoms with Gasteiger partial charge in [0.25, 0.3) is 0 Å². The Morgan fingerprint density at radius 2 is 1.65 bits per heavy atom. The lowest BCUT2D eigenvalue weighted by Crippen LogP contribution is -2.48. The van der Waals surface area contributed by atoms with Gasteiger partial charge in [0.05, 0.1) is 6.17 Å². The molecule has 3 atom stereocenters. The van der Waals surface area contributed by atoms with Gasteiger partial charge in [-0.05, 0) is 24.3 Å². The van der Waals surface area contributed by atoms with E-state index in [1.165, 1.54) is 0 Å². The zero-order valence-corrected chi connectivity index (χ0v) is 13.1. The van der Waals surface area contributed by atoms with E-state index in [0.717, 1.165) is 5.56 Å². The molecule has 0 saturated carbocycles. The molecule has 1 amide bonds. The second-order valence-electron chi connectivity index (χ2n) is 6.43. The number of hydrogen-bond acceptors (Lipinski definition) is 2. The summed E-state index contributed by atoms with van der Waals surface area (Å²) in [6.07, 6.45) is 0.116. The number of hydrogen-bond donors (Lipinski definition) is 1. The third-order valence-corrected chi connectivity index (χ3v) is 4.31. The van der Waals surface area contributed by atoms with Crippen molar-refractivity contribution in [2.75, 3.05) is 0 Å². The van der Waals surface area contributed by atoms with Crippen LogP contribution in [-0.2, 0) is 4.79 Å². The zero-order chi connectivity index (χ0) is 14.9. The van der Waals surface area contributed by atoms with Crippen LogP contribution in [0.2, 0.25) is 0 Å². The van der Waals surface area contributed by atoms with Crippen molar-refractivity contribution in [3.8, 4) is 0 Å². The third kappa shape index (κ3) is 2.73. The Kier molecular flexibility index (Phi) is 4.48. The molecule has 110 valence electrons. The summed E-state index contributed by atoms with van der Waals surface area (Å²) < 4.78 is 0. The zero-order valence-electron chi connectivity index (χ0n) is 13.1. The van der Waals surface area contributed by atoms with E-state index in [9.17, 15) is 4.79 Å². The van der Waals surface area contributed by atoms with Gasteiger partial charge in [-0.25, -0.2) is 0 Å². The van der Waals surface area contributed by atoms with Gasteiger partial charge in [0, 0.05) is 6.04 Å². The molecule has 1 saturated heterocycles. The van der Waals surface area contributed by atoms with Gasteiger partial charge in [-0.1, -0.05) is 58.0 Å².